The van der Waals surface area contributed by atoms with Gasteiger partial charge in [-0.15, -0.1) is 11.3 Å². The Bertz CT molecular complexity index is 757. The van der Waals surface area contributed by atoms with Crippen molar-refractivity contribution < 1.29 is 18.3 Å². The van der Waals surface area contributed by atoms with Gasteiger partial charge in [-0.1, -0.05) is 11.6 Å². The Morgan fingerprint density at radius 2 is 2.00 bits per heavy atom. The van der Waals surface area contributed by atoms with E-state index in [4.69, 9.17) is 16.7 Å². The van der Waals surface area contributed by atoms with Crippen LogP contribution in [0.25, 0.3) is 0 Å². The van der Waals surface area contributed by atoms with E-state index >= 15 is 0 Å². The van der Waals surface area contributed by atoms with Gasteiger partial charge in [-0.2, -0.15) is 0 Å². The lowest BCUT2D eigenvalue weighted by Gasteiger charge is -2.05. The minimum atomic E-state index is -3.59. The number of thiazole rings is 1. The fourth-order valence-electron chi connectivity index (χ4n) is 1.69. The normalized spacial score (nSPS) is 11.5. The highest BCUT2D eigenvalue weighted by Gasteiger charge is 2.13. The molecule has 0 aliphatic carbocycles. The quantitative estimate of drug-likeness (QED) is 0.786. The van der Waals surface area contributed by atoms with E-state index in [-0.39, 0.29) is 17.9 Å². The molecule has 0 fully saturated rings. The molecule has 0 amide bonds. The van der Waals surface area contributed by atoms with Gasteiger partial charge in [0.05, 0.1) is 22.0 Å². The maximum absolute atomic E-state index is 12.0. The summed E-state index contributed by atoms with van der Waals surface area (Å²) in [6.45, 7) is 0.186. The van der Waals surface area contributed by atoms with Crippen LogP contribution in [-0.2, 0) is 27.7 Å². The van der Waals surface area contributed by atoms with E-state index in [0.717, 1.165) is 0 Å². The van der Waals surface area contributed by atoms with E-state index < -0.39 is 16.0 Å². The molecule has 22 heavy (non-hydrogen) atoms. The largest absolute Gasteiger partial charge is 0.481 e. The number of sulfonamides is 1. The first-order valence-electron chi connectivity index (χ1n) is 6.27. The molecular formula is C13H13ClN2O4S2. The van der Waals surface area contributed by atoms with Crippen LogP contribution >= 0.6 is 22.9 Å². The number of rotatable bonds is 7. The van der Waals surface area contributed by atoms with Crippen molar-refractivity contribution in [1.82, 2.24) is 9.71 Å². The number of carbonyl (C=O) groups is 1. The number of nitrogens with zero attached hydrogens (tertiary/aromatic N) is 1. The summed E-state index contributed by atoms with van der Waals surface area (Å²) in [5.41, 5.74) is 0.480. The maximum Gasteiger partial charge on any atom is 0.309 e. The van der Waals surface area contributed by atoms with Crippen LogP contribution in [0, 0.1) is 0 Å². The summed E-state index contributed by atoms with van der Waals surface area (Å²) in [4.78, 5) is 14.8. The van der Waals surface area contributed by atoms with Crippen LogP contribution in [0.4, 0.5) is 0 Å². The molecule has 9 heteroatoms. The highest BCUT2D eigenvalue weighted by Crippen LogP contribution is 2.14. The van der Waals surface area contributed by atoms with Gasteiger partial charge in [0.1, 0.15) is 0 Å². The number of aromatic nitrogens is 1. The first kappa shape index (κ1) is 16.9. The number of nitrogens with one attached hydrogen (secondary N) is 1. The molecule has 6 nitrogen and oxygen atoms in total. The lowest BCUT2D eigenvalue weighted by atomic mass is 10.3. The number of halogens is 1. The van der Waals surface area contributed by atoms with Crippen molar-refractivity contribution in [2.45, 2.75) is 17.7 Å². The molecule has 2 rings (SSSR count). The molecule has 1 aromatic carbocycles. The summed E-state index contributed by atoms with van der Waals surface area (Å²) in [6.07, 6.45) is 0.268. The van der Waals surface area contributed by atoms with Crippen LogP contribution < -0.4 is 4.72 Å². The van der Waals surface area contributed by atoms with Gasteiger partial charge >= 0.3 is 5.97 Å². The standard InChI is InChI=1S/C13H13ClN2O4S2/c14-9-1-3-11(4-2-9)22(19,20)15-6-5-12-16-10(8-21-12)7-13(17)18/h1-4,8,15H,5-7H2,(H,17,18). The number of carboxylic acids is 1. The molecule has 1 aromatic heterocycles. The van der Waals surface area contributed by atoms with E-state index in [2.05, 4.69) is 9.71 Å². The van der Waals surface area contributed by atoms with Crippen LogP contribution in [0.5, 0.6) is 0 Å². The first-order chi connectivity index (χ1) is 10.4. The molecule has 0 radical (unpaired) electrons. The Morgan fingerprint density at radius 3 is 2.64 bits per heavy atom. The van der Waals surface area contributed by atoms with Gasteiger partial charge in [-0.3, -0.25) is 4.79 Å². The Balaban J connectivity index is 1.91. The molecule has 0 unspecified atom stereocenters. The van der Waals surface area contributed by atoms with E-state index in [1.807, 2.05) is 0 Å². The van der Waals surface area contributed by atoms with E-state index in [1.54, 1.807) is 5.38 Å². The zero-order chi connectivity index (χ0) is 16.2. The molecular weight excluding hydrogens is 348 g/mol. The monoisotopic (exact) mass is 360 g/mol. The topological polar surface area (TPSA) is 96.4 Å². The summed E-state index contributed by atoms with van der Waals surface area (Å²) in [5, 5.41) is 11.5. The minimum Gasteiger partial charge on any atom is -0.481 e. The van der Waals surface area contributed by atoms with Crippen molar-refractivity contribution in [1.29, 1.82) is 0 Å². The van der Waals surface area contributed by atoms with Crippen molar-refractivity contribution in [3.8, 4) is 0 Å². The number of aliphatic carboxylic acids is 1. The van der Waals surface area contributed by atoms with Gasteiger partial charge in [0.25, 0.3) is 0 Å². The number of carboxylic acid groups (broad SMARTS) is 1. The summed E-state index contributed by atoms with van der Waals surface area (Å²) in [6, 6.07) is 5.88. The van der Waals surface area contributed by atoms with Crippen molar-refractivity contribution in [2.75, 3.05) is 6.54 Å². The molecule has 1 heterocycles. The average molecular weight is 361 g/mol. The maximum atomic E-state index is 12.0. The average Bonchev–Trinajstić information content (AvgIpc) is 2.85. The van der Waals surface area contributed by atoms with E-state index in [1.165, 1.54) is 35.6 Å². The number of hydrogen-bond donors (Lipinski definition) is 2. The Morgan fingerprint density at radius 1 is 1.32 bits per heavy atom. The third-order valence-corrected chi connectivity index (χ3v) is 5.37. The minimum absolute atomic E-state index is 0.132. The Labute approximate surface area is 136 Å². The fourth-order valence-corrected chi connectivity index (χ4v) is 3.65. The molecule has 0 atom stereocenters. The lowest BCUT2D eigenvalue weighted by Crippen LogP contribution is -2.25. The van der Waals surface area contributed by atoms with E-state index in [0.29, 0.717) is 22.1 Å². The molecule has 118 valence electrons. The van der Waals surface area contributed by atoms with Crippen LogP contribution in [0.3, 0.4) is 0 Å². The van der Waals surface area contributed by atoms with Gasteiger partial charge in [0.2, 0.25) is 10.0 Å². The van der Waals surface area contributed by atoms with Gasteiger partial charge < -0.3 is 5.11 Å². The third-order valence-electron chi connectivity index (χ3n) is 2.69. The van der Waals surface area contributed by atoms with Crippen molar-refractivity contribution in [2.24, 2.45) is 0 Å². The van der Waals surface area contributed by atoms with Crippen LogP contribution in [-0.4, -0.2) is 31.0 Å². The van der Waals surface area contributed by atoms with Crippen LogP contribution in [0.1, 0.15) is 10.7 Å². The number of hydrogen-bond acceptors (Lipinski definition) is 5. The van der Waals surface area contributed by atoms with Crippen molar-refractivity contribution in [3.63, 3.8) is 0 Å². The molecule has 0 aliphatic rings. The lowest BCUT2D eigenvalue weighted by molar-refractivity contribution is -0.136. The zero-order valence-electron chi connectivity index (χ0n) is 11.3. The second-order valence-electron chi connectivity index (χ2n) is 4.40. The van der Waals surface area contributed by atoms with E-state index in [9.17, 15) is 13.2 Å². The SMILES string of the molecule is O=C(O)Cc1csc(CCNS(=O)(=O)c2ccc(Cl)cc2)n1. The fraction of sp³-hybridized carbons (Fsp3) is 0.231. The Hall–Kier alpha value is -1.48. The molecule has 0 bridgehead atoms. The molecule has 2 aromatic rings. The summed E-state index contributed by atoms with van der Waals surface area (Å²) >= 11 is 7.03. The van der Waals surface area contributed by atoms with Crippen LogP contribution in [0.15, 0.2) is 34.5 Å². The molecule has 0 aliphatic heterocycles. The molecule has 2 N–H and O–H groups in total. The van der Waals surface area contributed by atoms with Gasteiger partial charge in [0, 0.05) is 23.4 Å². The van der Waals surface area contributed by atoms with Gasteiger partial charge in [-0.05, 0) is 24.3 Å². The number of benzene rings is 1. The zero-order valence-corrected chi connectivity index (χ0v) is 13.7. The molecule has 0 saturated heterocycles. The van der Waals surface area contributed by atoms with Gasteiger partial charge in [-0.25, -0.2) is 18.1 Å². The van der Waals surface area contributed by atoms with Crippen molar-refractivity contribution in [3.05, 3.63) is 45.4 Å². The first-order valence-corrected chi connectivity index (χ1v) is 9.01. The summed E-state index contributed by atoms with van der Waals surface area (Å²) < 4.78 is 26.5. The Kier molecular flexibility index (Phi) is 5.52. The predicted molar refractivity (Wildman–Crippen MR) is 83.8 cm³/mol. The summed E-state index contributed by atoms with van der Waals surface area (Å²) in [7, 11) is -3.59. The second kappa shape index (κ2) is 7.19. The summed E-state index contributed by atoms with van der Waals surface area (Å²) in [5.74, 6) is -0.944. The van der Waals surface area contributed by atoms with Crippen molar-refractivity contribution >= 4 is 38.9 Å². The highest BCUT2D eigenvalue weighted by atomic mass is 35.5. The third kappa shape index (κ3) is 4.77. The second-order valence-corrected chi connectivity index (χ2v) is 7.55. The highest BCUT2D eigenvalue weighted by molar-refractivity contribution is 7.89. The van der Waals surface area contributed by atoms with Crippen LogP contribution in [0.2, 0.25) is 5.02 Å². The van der Waals surface area contributed by atoms with Gasteiger partial charge in [0.15, 0.2) is 0 Å². The predicted octanol–water partition coefficient (Wildman–Crippen LogP) is 1.94. The molecule has 0 saturated carbocycles. The molecule has 0 spiro atoms. The smallest absolute Gasteiger partial charge is 0.309 e.